The number of nitrogens with zero attached hydrogens (tertiary/aromatic N) is 1. The minimum absolute atomic E-state index is 0.0378. The first-order chi connectivity index (χ1) is 12.4. The zero-order chi connectivity index (χ0) is 18.7. The van der Waals surface area contributed by atoms with E-state index in [1.807, 2.05) is 24.3 Å². The van der Waals surface area contributed by atoms with Crippen molar-refractivity contribution in [3.8, 4) is 5.88 Å². The van der Waals surface area contributed by atoms with Crippen molar-refractivity contribution < 1.29 is 22.7 Å². The van der Waals surface area contributed by atoms with E-state index in [1.165, 1.54) is 0 Å². The van der Waals surface area contributed by atoms with Gasteiger partial charge in [-0.3, -0.25) is 4.79 Å². The molecule has 4 nitrogen and oxygen atoms in total. The quantitative estimate of drug-likeness (QED) is 0.789. The minimum Gasteiger partial charge on any atom is -0.473 e. The van der Waals surface area contributed by atoms with Crippen LogP contribution in [0.5, 0.6) is 5.88 Å². The lowest BCUT2D eigenvalue weighted by molar-refractivity contribution is -0.185. The molecule has 1 N–H and O–H groups in total. The Balaban J connectivity index is 1.81. The summed E-state index contributed by atoms with van der Waals surface area (Å²) in [5.74, 6) is -1.46. The molecule has 1 amide bonds. The molecule has 1 heterocycles. The van der Waals surface area contributed by atoms with Crippen molar-refractivity contribution in [1.82, 2.24) is 4.98 Å². The van der Waals surface area contributed by atoms with Gasteiger partial charge in [-0.2, -0.15) is 13.2 Å². The number of ether oxygens (including phenoxy) is 1. The van der Waals surface area contributed by atoms with Crippen LogP contribution in [0.1, 0.15) is 25.7 Å². The molecule has 1 saturated carbocycles. The van der Waals surface area contributed by atoms with Crippen LogP contribution in [-0.2, 0) is 4.79 Å². The first kappa shape index (κ1) is 18.2. The summed E-state index contributed by atoms with van der Waals surface area (Å²) in [7, 11) is 0. The first-order valence-corrected chi connectivity index (χ1v) is 8.43. The summed E-state index contributed by atoms with van der Waals surface area (Å²) in [4.78, 5) is 16.1. The summed E-state index contributed by atoms with van der Waals surface area (Å²) in [6.07, 6.45) is -2.71. The summed E-state index contributed by atoms with van der Waals surface area (Å²) in [5, 5.41) is 3.47. The van der Waals surface area contributed by atoms with Gasteiger partial charge in [-0.15, -0.1) is 0 Å². The van der Waals surface area contributed by atoms with Crippen LogP contribution in [0, 0.1) is 5.92 Å². The molecule has 1 aromatic heterocycles. The van der Waals surface area contributed by atoms with E-state index < -0.39 is 18.0 Å². The smallest absolute Gasteiger partial charge is 0.391 e. The van der Waals surface area contributed by atoms with Crippen molar-refractivity contribution in [3.63, 3.8) is 0 Å². The first-order valence-electron chi connectivity index (χ1n) is 8.43. The molecule has 138 valence electrons. The number of benzene rings is 1. The van der Waals surface area contributed by atoms with Gasteiger partial charge >= 0.3 is 6.18 Å². The normalized spacial score (nSPS) is 20.6. The molecular formula is C19H19F3N2O2. The number of alkyl halides is 3. The number of rotatable bonds is 4. The lowest BCUT2D eigenvalue weighted by Gasteiger charge is -2.30. The molecule has 1 aromatic carbocycles. The molecule has 0 radical (unpaired) electrons. The van der Waals surface area contributed by atoms with Gasteiger partial charge in [0.05, 0.1) is 11.4 Å². The maximum atomic E-state index is 12.8. The molecule has 7 heteroatoms. The maximum Gasteiger partial charge on any atom is 0.391 e. The highest BCUT2D eigenvalue weighted by atomic mass is 19.4. The van der Waals surface area contributed by atoms with E-state index in [1.54, 1.807) is 6.07 Å². The molecule has 2 aromatic rings. The van der Waals surface area contributed by atoms with E-state index in [0.29, 0.717) is 24.0 Å². The van der Waals surface area contributed by atoms with Crippen LogP contribution in [0.25, 0.3) is 10.9 Å². The van der Waals surface area contributed by atoms with Crippen LogP contribution in [0.3, 0.4) is 0 Å². The van der Waals surface area contributed by atoms with Gasteiger partial charge in [0, 0.05) is 5.39 Å². The van der Waals surface area contributed by atoms with E-state index in [-0.39, 0.29) is 24.8 Å². The fraction of sp³-hybridized carbons (Fsp3) is 0.368. The van der Waals surface area contributed by atoms with Gasteiger partial charge in [-0.25, -0.2) is 4.98 Å². The number of carbonyl (C=O) groups is 1. The van der Waals surface area contributed by atoms with Gasteiger partial charge in [0.25, 0.3) is 0 Å². The van der Waals surface area contributed by atoms with E-state index in [0.717, 1.165) is 11.5 Å². The maximum absolute atomic E-state index is 12.8. The second kappa shape index (κ2) is 7.35. The second-order valence-corrected chi connectivity index (χ2v) is 6.36. The SMILES string of the molecule is C=CC(=O)Nc1cc2ccccc2nc1OC1CCC(C(F)(F)F)CC1. The summed E-state index contributed by atoms with van der Waals surface area (Å²) >= 11 is 0. The van der Waals surface area contributed by atoms with Gasteiger partial charge in [0.2, 0.25) is 11.8 Å². The van der Waals surface area contributed by atoms with Crippen molar-refractivity contribution in [2.75, 3.05) is 5.32 Å². The van der Waals surface area contributed by atoms with E-state index in [9.17, 15) is 18.0 Å². The Kier molecular flexibility index (Phi) is 5.15. The number of anilines is 1. The Labute approximate surface area is 149 Å². The van der Waals surface area contributed by atoms with Gasteiger partial charge in [-0.1, -0.05) is 24.8 Å². The van der Waals surface area contributed by atoms with E-state index >= 15 is 0 Å². The van der Waals surface area contributed by atoms with Crippen LogP contribution in [0.2, 0.25) is 0 Å². The van der Waals surface area contributed by atoms with Gasteiger partial charge < -0.3 is 10.1 Å². The Hall–Kier alpha value is -2.57. The van der Waals surface area contributed by atoms with E-state index in [4.69, 9.17) is 4.74 Å². The van der Waals surface area contributed by atoms with E-state index in [2.05, 4.69) is 16.9 Å². The molecule has 1 aliphatic carbocycles. The van der Waals surface area contributed by atoms with Crippen LogP contribution < -0.4 is 10.1 Å². The number of aromatic nitrogens is 1. The van der Waals surface area contributed by atoms with Crippen molar-refractivity contribution in [1.29, 1.82) is 0 Å². The van der Waals surface area contributed by atoms with Crippen molar-refractivity contribution in [2.24, 2.45) is 5.92 Å². The monoisotopic (exact) mass is 364 g/mol. The molecule has 0 unspecified atom stereocenters. The van der Waals surface area contributed by atoms with Gasteiger partial charge in [-0.05, 0) is 43.9 Å². The molecule has 0 bridgehead atoms. The minimum atomic E-state index is -4.16. The lowest BCUT2D eigenvalue weighted by atomic mass is 9.87. The van der Waals surface area contributed by atoms with Crippen LogP contribution in [0.4, 0.5) is 18.9 Å². The zero-order valence-corrected chi connectivity index (χ0v) is 14.1. The van der Waals surface area contributed by atoms with Crippen LogP contribution in [0.15, 0.2) is 43.0 Å². The van der Waals surface area contributed by atoms with Gasteiger partial charge in [0.15, 0.2) is 0 Å². The number of carbonyl (C=O) groups excluding carboxylic acids is 1. The number of fused-ring (bicyclic) bond motifs is 1. The molecule has 0 atom stereocenters. The number of nitrogens with one attached hydrogen (secondary N) is 1. The molecule has 1 aliphatic rings. The number of halogens is 3. The predicted octanol–water partition coefficient (Wildman–Crippen LogP) is 4.86. The average molecular weight is 364 g/mol. The topological polar surface area (TPSA) is 51.2 Å². The number of hydrogen-bond donors (Lipinski definition) is 1. The third-order valence-electron chi connectivity index (χ3n) is 4.55. The number of pyridine rings is 1. The fourth-order valence-corrected chi connectivity index (χ4v) is 3.13. The second-order valence-electron chi connectivity index (χ2n) is 6.36. The standard InChI is InChI=1S/C19H19F3N2O2/c1-2-17(25)23-16-11-12-5-3-4-6-15(12)24-18(16)26-14-9-7-13(8-10-14)19(20,21)22/h2-6,11,13-14H,1,7-10H2,(H,23,25). The highest BCUT2D eigenvalue weighted by Gasteiger charge is 2.41. The molecule has 0 spiro atoms. The van der Waals surface area contributed by atoms with Crippen molar-refractivity contribution >= 4 is 22.5 Å². The summed E-state index contributed by atoms with van der Waals surface area (Å²) in [5.41, 5.74) is 1.06. The molecular weight excluding hydrogens is 345 g/mol. The van der Waals surface area contributed by atoms with Crippen LogP contribution in [-0.4, -0.2) is 23.2 Å². The third-order valence-corrected chi connectivity index (χ3v) is 4.55. The van der Waals surface area contributed by atoms with Crippen molar-refractivity contribution in [3.05, 3.63) is 43.0 Å². The molecule has 0 aliphatic heterocycles. The number of hydrogen-bond acceptors (Lipinski definition) is 3. The highest BCUT2D eigenvalue weighted by molar-refractivity contribution is 6.01. The number of amides is 1. The fourth-order valence-electron chi connectivity index (χ4n) is 3.13. The summed E-state index contributed by atoms with van der Waals surface area (Å²) < 4.78 is 44.3. The molecule has 3 rings (SSSR count). The van der Waals surface area contributed by atoms with Crippen molar-refractivity contribution in [2.45, 2.75) is 38.0 Å². The van der Waals surface area contributed by atoms with Gasteiger partial charge in [0.1, 0.15) is 11.8 Å². The van der Waals surface area contributed by atoms with Crippen LogP contribution >= 0.6 is 0 Å². The Morgan fingerprint density at radius 1 is 1.23 bits per heavy atom. The molecule has 26 heavy (non-hydrogen) atoms. The summed E-state index contributed by atoms with van der Waals surface area (Å²) in [6.45, 7) is 3.42. The number of para-hydroxylation sites is 1. The Morgan fingerprint density at radius 2 is 1.92 bits per heavy atom. The summed E-state index contributed by atoms with van der Waals surface area (Å²) in [6, 6.07) is 9.07. The molecule has 0 saturated heterocycles. The highest BCUT2D eigenvalue weighted by Crippen LogP contribution is 2.39. The lowest BCUT2D eigenvalue weighted by Crippen LogP contribution is -2.32. The zero-order valence-electron chi connectivity index (χ0n) is 14.1. The largest absolute Gasteiger partial charge is 0.473 e. The Bertz CT molecular complexity index is 812. The predicted molar refractivity (Wildman–Crippen MR) is 93.0 cm³/mol. The average Bonchev–Trinajstić information content (AvgIpc) is 2.61. The molecule has 1 fully saturated rings. The third kappa shape index (κ3) is 4.15. The Morgan fingerprint density at radius 3 is 2.58 bits per heavy atom.